The molecule has 3 aromatic rings. The Kier molecular flexibility index (Phi) is 6.40. The highest BCUT2D eigenvalue weighted by Gasteiger charge is 2.10. The molecule has 0 aliphatic carbocycles. The fourth-order valence-corrected chi connectivity index (χ4v) is 2.81. The van der Waals surface area contributed by atoms with Gasteiger partial charge in [0.05, 0.1) is 12.5 Å². The van der Waals surface area contributed by atoms with Gasteiger partial charge in [-0.05, 0) is 47.0 Å². The summed E-state index contributed by atoms with van der Waals surface area (Å²) in [5, 5.41) is 5.07. The second kappa shape index (κ2) is 9.15. The summed E-state index contributed by atoms with van der Waals surface area (Å²) < 4.78 is 5.85. The van der Waals surface area contributed by atoms with Gasteiger partial charge in [0.15, 0.2) is 0 Å². The Morgan fingerprint density at radius 1 is 0.964 bits per heavy atom. The molecule has 0 radical (unpaired) electrons. The predicted octanol–water partition coefficient (Wildman–Crippen LogP) is 2.99. The van der Waals surface area contributed by atoms with E-state index in [1.807, 2.05) is 36.4 Å². The lowest BCUT2D eigenvalue weighted by Gasteiger charge is -2.10. The lowest BCUT2D eigenvalue weighted by Crippen LogP contribution is -2.41. The summed E-state index contributed by atoms with van der Waals surface area (Å²) in [6.07, 6.45) is 0.232. The molecule has 3 rings (SSSR count). The SMILES string of the molecule is CC(=O)[C@@H](N)CNC(=O)Cc1ccc(OCc2ccc3ccccc3c2)cc1. The molecule has 0 aliphatic heterocycles. The molecule has 1 atom stereocenters. The van der Waals surface area contributed by atoms with E-state index in [1.54, 1.807) is 0 Å². The van der Waals surface area contributed by atoms with E-state index in [-0.39, 0.29) is 24.7 Å². The van der Waals surface area contributed by atoms with E-state index in [9.17, 15) is 9.59 Å². The number of carbonyl (C=O) groups excluding carboxylic acids is 2. The molecule has 0 heterocycles. The van der Waals surface area contributed by atoms with E-state index in [1.165, 1.54) is 17.7 Å². The summed E-state index contributed by atoms with van der Waals surface area (Å²) in [6, 6.07) is 21.3. The van der Waals surface area contributed by atoms with E-state index in [0.717, 1.165) is 16.9 Å². The van der Waals surface area contributed by atoms with Crippen molar-refractivity contribution in [2.75, 3.05) is 6.54 Å². The largest absolute Gasteiger partial charge is 0.489 e. The van der Waals surface area contributed by atoms with Gasteiger partial charge < -0.3 is 15.8 Å². The van der Waals surface area contributed by atoms with Crippen molar-refractivity contribution in [1.29, 1.82) is 0 Å². The van der Waals surface area contributed by atoms with E-state index >= 15 is 0 Å². The van der Waals surface area contributed by atoms with Crippen LogP contribution in [-0.2, 0) is 22.6 Å². The number of ether oxygens (including phenoxy) is 1. The molecular weight excluding hydrogens is 352 g/mol. The van der Waals surface area contributed by atoms with Gasteiger partial charge in [0, 0.05) is 6.54 Å². The first kappa shape index (κ1) is 19.6. The molecule has 144 valence electrons. The third kappa shape index (κ3) is 5.41. The molecule has 5 heteroatoms. The molecule has 0 saturated heterocycles. The molecule has 5 nitrogen and oxygen atoms in total. The Morgan fingerprint density at radius 2 is 1.64 bits per heavy atom. The highest BCUT2D eigenvalue weighted by atomic mass is 16.5. The minimum absolute atomic E-state index is 0.145. The van der Waals surface area contributed by atoms with Gasteiger partial charge in [-0.2, -0.15) is 0 Å². The Bertz CT molecular complexity index is 967. The maximum absolute atomic E-state index is 11.9. The molecule has 0 spiro atoms. The summed E-state index contributed by atoms with van der Waals surface area (Å²) in [7, 11) is 0. The number of nitrogens with one attached hydrogen (secondary N) is 1. The summed E-state index contributed by atoms with van der Waals surface area (Å²) in [5.41, 5.74) is 7.58. The molecule has 0 saturated carbocycles. The van der Waals surface area contributed by atoms with Crippen LogP contribution < -0.4 is 15.8 Å². The molecule has 0 aromatic heterocycles. The van der Waals surface area contributed by atoms with Crippen molar-refractivity contribution >= 4 is 22.5 Å². The standard InChI is InChI=1S/C23H24N2O3/c1-16(26)22(24)14-25-23(27)13-17-7-10-21(11-8-17)28-15-18-6-9-19-4-2-3-5-20(19)12-18/h2-12,22H,13-15,24H2,1H3,(H,25,27)/t22-/m0/s1. The quantitative estimate of drug-likeness (QED) is 0.633. The van der Waals surface area contributed by atoms with Crippen molar-refractivity contribution < 1.29 is 14.3 Å². The Morgan fingerprint density at radius 3 is 2.36 bits per heavy atom. The van der Waals surface area contributed by atoms with Crippen molar-refractivity contribution in [3.05, 3.63) is 77.9 Å². The molecule has 0 aliphatic rings. The van der Waals surface area contributed by atoms with Crippen molar-refractivity contribution in [1.82, 2.24) is 5.32 Å². The number of ketones is 1. The predicted molar refractivity (Wildman–Crippen MR) is 110 cm³/mol. The summed E-state index contributed by atoms with van der Waals surface area (Å²) in [6.45, 7) is 2.04. The van der Waals surface area contributed by atoms with Crippen molar-refractivity contribution in [3.63, 3.8) is 0 Å². The second-order valence-electron chi connectivity index (χ2n) is 6.81. The smallest absolute Gasteiger partial charge is 0.224 e. The topological polar surface area (TPSA) is 81.4 Å². The minimum Gasteiger partial charge on any atom is -0.489 e. The van der Waals surface area contributed by atoms with Crippen LogP contribution in [0.3, 0.4) is 0 Å². The van der Waals surface area contributed by atoms with Gasteiger partial charge in [-0.3, -0.25) is 9.59 Å². The highest BCUT2D eigenvalue weighted by Crippen LogP contribution is 2.18. The van der Waals surface area contributed by atoms with E-state index in [4.69, 9.17) is 10.5 Å². The minimum atomic E-state index is -0.658. The van der Waals surface area contributed by atoms with Crippen molar-refractivity contribution in [2.24, 2.45) is 5.73 Å². The highest BCUT2D eigenvalue weighted by molar-refractivity contribution is 5.84. The average molecular weight is 376 g/mol. The average Bonchev–Trinajstić information content (AvgIpc) is 2.71. The second-order valence-corrected chi connectivity index (χ2v) is 6.81. The lowest BCUT2D eigenvalue weighted by molar-refractivity contribution is -0.121. The zero-order valence-corrected chi connectivity index (χ0v) is 15.9. The van der Waals surface area contributed by atoms with Crippen molar-refractivity contribution in [3.8, 4) is 5.75 Å². The van der Waals surface area contributed by atoms with Crippen molar-refractivity contribution in [2.45, 2.75) is 26.0 Å². The number of nitrogens with two attached hydrogens (primary N) is 1. The third-order valence-electron chi connectivity index (χ3n) is 4.55. The maximum Gasteiger partial charge on any atom is 0.224 e. The van der Waals surface area contributed by atoms with Crippen LogP contribution in [0.5, 0.6) is 5.75 Å². The Balaban J connectivity index is 1.51. The van der Waals surface area contributed by atoms with Crippen LogP contribution in [0.2, 0.25) is 0 Å². The molecule has 3 aromatic carbocycles. The molecule has 0 fully saturated rings. The van der Waals surface area contributed by atoms with Gasteiger partial charge in [0.25, 0.3) is 0 Å². The molecular formula is C23H24N2O3. The zero-order chi connectivity index (χ0) is 19.9. The monoisotopic (exact) mass is 376 g/mol. The molecule has 28 heavy (non-hydrogen) atoms. The van der Waals surface area contributed by atoms with E-state index in [2.05, 4.69) is 35.6 Å². The molecule has 0 unspecified atom stereocenters. The number of hydrogen-bond donors (Lipinski definition) is 2. The first-order valence-corrected chi connectivity index (χ1v) is 9.23. The number of fused-ring (bicyclic) bond motifs is 1. The number of amides is 1. The number of Topliss-reactive ketones (excluding diaryl/α,β-unsaturated/α-hetero) is 1. The van der Waals surface area contributed by atoms with Crippen LogP contribution in [-0.4, -0.2) is 24.3 Å². The van der Waals surface area contributed by atoms with E-state index < -0.39 is 6.04 Å². The van der Waals surface area contributed by atoms with Gasteiger partial charge in [0.2, 0.25) is 5.91 Å². The van der Waals surface area contributed by atoms with Gasteiger partial charge in [-0.1, -0.05) is 48.5 Å². The Labute approximate surface area is 164 Å². The maximum atomic E-state index is 11.9. The van der Waals surface area contributed by atoms with Crippen LogP contribution in [0.15, 0.2) is 66.7 Å². The molecule has 1 amide bonds. The normalized spacial score (nSPS) is 11.8. The fourth-order valence-electron chi connectivity index (χ4n) is 2.81. The third-order valence-corrected chi connectivity index (χ3v) is 4.55. The van der Waals surface area contributed by atoms with Crippen LogP contribution in [0.25, 0.3) is 10.8 Å². The van der Waals surface area contributed by atoms with E-state index in [0.29, 0.717) is 6.61 Å². The van der Waals surface area contributed by atoms with Gasteiger partial charge in [-0.25, -0.2) is 0 Å². The van der Waals surface area contributed by atoms with Crippen LogP contribution in [0, 0.1) is 0 Å². The molecule has 3 N–H and O–H groups in total. The van der Waals surface area contributed by atoms with Gasteiger partial charge >= 0.3 is 0 Å². The lowest BCUT2D eigenvalue weighted by atomic mass is 10.1. The number of carbonyl (C=O) groups is 2. The zero-order valence-electron chi connectivity index (χ0n) is 15.9. The number of benzene rings is 3. The van der Waals surface area contributed by atoms with Gasteiger partial charge in [-0.15, -0.1) is 0 Å². The number of hydrogen-bond acceptors (Lipinski definition) is 4. The van der Waals surface area contributed by atoms with Crippen LogP contribution in [0.1, 0.15) is 18.1 Å². The number of rotatable bonds is 8. The summed E-state index contributed by atoms with van der Waals surface area (Å²) >= 11 is 0. The molecule has 0 bridgehead atoms. The summed E-state index contributed by atoms with van der Waals surface area (Å²) in [4.78, 5) is 23.0. The first-order valence-electron chi connectivity index (χ1n) is 9.23. The fraction of sp³-hybridized carbons (Fsp3) is 0.217. The van der Waals surface area contributed by atoms with Crippen LogP contribution >= 0.6 is 0 Å². The Hall–Kier alpha value is -3.18. The first-order chi connectivity index (χ1) is 13.5. The summed E-state index contributed by atoms with van der Waals surface area (Å²) in [5.74, 6) is 0.436. The van der Waals surface area contributed by atoms with Gasteiger partial charge in [0.1, 0.15) is 18.1 Å². The van der Waals surface area contributed by atoms with Crippen LogP contribution in [0.4, 0.5) is 0 Å².